The van der Waals surface area contributed by atoms with Crippen LogP contribution in [0.3, 0.4) is 0 Å². The largest absolute Gasteiger partial charge is 0.489 e. The quantitative estimate of drug-likeness (QED) is 0.342. The van der Waals surface area contributed by atoms with Crippen LogP contribution in [0.2, 0.25) is 0 Å². The first-order valence-electron chi connectivity index (χ1n) is 10.9. The van der Waals surface area contributed by atoms with Gasteiger partial charge in [-0.3, -0.25) is 0 Å². The Hall–Kier alpha value is -4.52. The van der Waals surface area contributed by atoms with Crippen LogP contribution in [0.5, 0.6) is 11.5 Å². The summed E-state index contributed by atoms with van der Waals surface area (Å²) in [6, 6.07) is 26.1. The van der Waals surface area contributed by atoms with Gasteiger partial charge in [-0.1, -0.05) is 54.6 Å². The summed E-state index contributed by atoms with van der Waals surface area (Å²) in [6.45, 7) is 2.90. The number of benzene rings is 3. The van der Waals surface area contributed by atoms with Crippen molar-refractivity contribution in [2.75, 3.05) is 0 Å². The molecule has 0 unspecified atom stereocenters. The number of aromatic amines is 1. The predicted octanol–water partition coefficient (Wildman–Crippen LogP) is 5.38. The highest BCUT2D eigenvalue weighted by Crippen LogP contribution is 2.23. The molecule has 7 heteroatoms. The van der Waals surface area contributed by atoms with Crippen LogP contribution in [-0.4, -0.2) is 25.6 Å². The zero-order chi connectivity index (χ0) is 23.2. The van der Waals surface area contributed by atoms with E-state index in [1.165, 1.54) is 0 Å². The average Bonchev–Trinajstić information content (AvgIpc) is 3.40. The van der Waals surface area contributed by atoms with E-state index in [1.807, 2.05) is 73.7 Å². The van der Waals surface area contributed by atoms with Crippen molar-refractivity contribution in [2.24, 2.45) is 0 Å². The fourth-order valence-electron chi connectivity index (χ4n) is 3.48. The second kappa shape index (κ2) is 9.95. The maximum absolute atomic E-state index is 6.10. The number of hydrogen-bond acceptors (Lipinski definition) is 6. The number of H-pyrrole nitrogens is 1. The molecular weight excluding hydrogens is 426 g/mol. The molecule has 2 heterocycles. The molecule has 0 aliphatic rings. The monoisotopic (exact) mass is 449 g/mol. The lowest BCUT2D eigenvalue weighted by Crippen LogP contribution is -2.01. The number of rotatable bonds is 8. The van der Waals surface area contributed by atoms with E-state index in [0.29, 0.717) is 19.0 Å². The Morgan fingerprint density at radius 2 is 1.74 bits per heavy atom. The lowest BCUT2D eigenvalue weighted by molar-refractivity contribution is 0.292. The molecule has 5 rings (SSSR count). The summed E-state index contributed by atoms with van der Waals surface area (Å²) in [6.07, 6.45) is 3.71. The summed E-state index contributed by atoms with van der Waals surface area (Å²) in [5, 5.41) is 14.9. The van der Waals surface area contributed by atoms with Crippen LogP contribution in [0.25, 0.3) is 23.1 Å². The molecule has 0 radical (unpaired) electrons. The predicted molar refractivity (Wildman–Crippen MR) is 131 cm³/mol. The first-order chi connectivity index (χ1) is 16.7. The van der Waals surface area contributed by atoms with E-state index in [9.17, 15) is 0 Å². The van der Waals surface area contributed by atoms with Crippen molar-refractivity contribution in [1.82, 2.24) is 25.6 Å². The zero-order valence-corrected chi connectivity index (χ0v) is 18.7. The number of ether oxygens (including phenoxy) is 2. The van der Waals surface area contributed by atoms with Crippen LogP contribution in [0.15, 0.2) is 78.9 Å². The minimum atomic E-state index is 0.412. The van der Waals surface area contributed by atoms with Gasteiger partial charge >= 0.3 is 0 Å². The Balaban J connectivity index is 1.19. The van der Waals surface area contributed by atoms with Gasteiger partial charge in [-0.25, -0.2) is 4.98 Å². The molecule has 0 saturated carbocycles. The Labute approximate surface area is 197 Å². The third-order valence-electron chi connectivity index (χ3n) is 5.36. The van der Waals surface area contributed by atoms with Crippen LogP contribution in [0, 0.1) is 6.92 Å². The van der Waals surface area contributed by atoms with E-state index in [4.69, 9.17) is 9.47 Å². The molecule has 0 saturated heterocycles. The summed E-state index contributed by atoms with van der Waals surface area (Å²) in [4.78, 5) is 4.69. The summed E-state index contributed by atoms with van der Waals surface area (Å²) in [5.41, 5.74) is 4.99. The van der Waals surface area contributed by atoms with Gasteiger partial charge in [0.1, 0.15) is 24.7 Å². The van der Waals surface area contributed by atoms with Gasteiger partial charge < -0.3 is 9.47 Å². The fraction of sp³-hybridized carbons (Fsp3) is 0.111. The van der Waals surface area contributed by atoms with E-state index in [2.05, 4.69) is 43.8 Å². The third-order valence-corrected chi connectivity index (χ3v) is 5.36. The minimum Gasteiger partial charge on any atom is -0.489 e. The molecule has 0 aliphatic heterocycles. The highest BCUT2D eigenvalue weighted by Gasteiger charge is 2.05. The normalized spacial score (nSPS) is 11.2. The van der Waals surface area contributed by atoms with Gasteiger partial charge in [0.05, 0.1) is 11.2 Å². The van der Waals surface area contributed by atoms with Crippen LogP contribution >= 0.6 is 0 Å². The molecule has 1 N–H and O–H groups in total. The molecule has 0 fully saturated rings. The second-order valence-electron chi connectivity index (χ2n) is 7.84. The topological polar surface area (TPSA) is 85.8 Å². The molecule has 34 heavy (non-hydrogen) atoms. The smallest absolute Gasteiger partial charge is 0.197 e. The minimum absolute atomic E-state index is 0.412. The number of nitrogens with zero attached hydrogens (tertiary/aromatic N) is 4. The van der Waals surface area contributed by atoms with E-state index >= 15 is 0 Å². The number of nitrogens with one attached hydrogen (secondary N) is 1. The van der Waals surface area contributed by atoms with Crippen molar-refractivity contribution in [3.05, 3.63) is 107 Å². The van der Waals surface area contributed by atoms with Crippen molar-refractivity contribution in [3.63, 3.8) is 0 Å². The van der Waals surface area contributed by atoms with Crippen molar-refractivity contribution >= 4 is 23.1 Å². The molecule has 168 valence electrons. The number of aromatic nitrogens is 5. The lowest BCUT2D eigenvalue weighted by atomic mass is 10.1. The molecule has 0 spiro atoms. The first-order valence-corrected chi connectivity index (χ1v) is 10.9. The lowest BCUT2D eigenvalue weighted by Gasteiger charge is -2.12. The van der Waals surface area contributed by atoms with Gasteiger partial charge in [-0.05, 0) is 65.2 Å². The van der Waals surface area contributed by atoms with E-state index in [-0.39, 0.29) is 0 Å². The van der Waals surface area contributed by atoms with Gasteiger partial charge in [0.2, 0.25) is 0 Å². The van der Waals surface area contributed by atoms with Crippen LogP contribution < -0.4 is 9.47 Å². The van der Waals surface area contributed by atoms with Crippen LogP contribution in [0.1, 0.15) is 28.2 Å². The second-order valence-corrected chi connectivity index (χ2v) is 7.84. The maximum Gasteiger partial charge on any atom is 0.197 e. The number of para-hydroxylation sites is 1. The van der Waals surface area contributed by atoms with Crippen molar-refractivity contribution in [1.29, 1.82) is 0 Å². The summed E-state index contributed by atoms with van der Waals surface area (Å²) in [7, 11) is 0. The number of aryl methyl sites for hydroxylation is 1. The molecule has 0 aliphatic carbocycles. The van der Waals surface area contributed by atoms with Crippen molar-refractivity contribution in [2.45, 2.75) is 20.1 Å². The first kappa shape index (κ1) is 21.3. The highest BCUT2D eigenvalue weighted by molar-refractivity contribution is 5.78. The average molecular weight is 450 g/mol. The SMILES string of the molecule is Cc1ccc(COc2ccc(/C=C/c3nn[nH]n3)cc2)cc1OCc1ccc2ccccc2n1. The molecule has 7 nitrogen and oxygen atoms in total. The number of tetrazole rings is 1. The summed E-state index contributed by atoms with van der Waals surface area (Å²) >= 11 is 0. The Kier molecular flexibility index (Phi) is 6.25. The standard InChI is InChI=1S/C27H23N5O2/c1-19-6-7-21(16-26(19)34-18-23-12-11-22-4-2-3-5-25(22)28-23)17-33-24-13-8-20(9-14-24)10-15-27-29-31-32-30-27/h2-16H,17-18H2,1H3,(H,29,30,31,32)/b15-10+. The molecule has 0 bridgehead atoms. The number of fused-ring (bicyclic) bond motifs is 1. The van der Waals surface area contributed by atoms with E-state index in [0.717, 1.165) is 44.8 Å². The van der Waals surface area contributed by atoms with Crippen molar-refractivity contribution in [3.8, 4) is 11.5 Å². The highest BCUT2D eigenvalue weighted by atomic mass is 16.5. The van der Waals surface area contributed by atoms with E-state index < -0.39 is 0 Å². The van der Waals surface area contributed by atoms with Gasteiger partial charge in [-0.2, -0.15) is 5.21 Å². The molecule has 0 amide bonds. The maximum atomic E-state index is 6.10. The molecule has 5 aromatic rings. The fourth-order valence-corrected chi connectivity index (χ4v) is 3.48. The van der Waals surface area contributed by atoms with Gasteiger partial charge in [0, 0.05) is 5.39 Å². The zero-order valence-electron chi connectivity index (χ0n) is 18.7. The Bertz CT molecular complexity index is 1410. The summed E-state index contributed by atoms with van der Waals surface area (Å²) < 4.78 is 12.1. The van der Waals surface area contributed by atoms with Gasteiger partial charge in [0.15, 0.2) is 5.82 Å². The Morgan fingerprint density at radius 1 is 0.853 bits per heavy atom. The Morgan fingerprint density at radius 3 is 2.59 bits per heavy atom. The van der Waals surface area contributed by atoms with Gasteiger partial charge in [0.25, 0.3) is 0 Å². The summed E-state index contributed by atoms with van der Waals surface area (Å²) in [5.74, 6) is 2.16. The van der Waals surface area contributed by atoms with Gasteiger partial charge in [-0.15, -0.1) is 10.2 Å². The van der Waals surface area contributed by atoms with Crippen LogP contribution in [-0.2, 0) is 13.2 Å². The molecular formula is C27H23N5O2. The number of pyridine rings is 1. The molecule has 3 aromatic carbocycles. The van der Waals surface area contributed by atoms with E-state index in [1.54, 1.807) is 6.08 Å². The third kappa shape index (κ3) is 5.27. The molecule has 0 atom stereocenters. The van der Waals surface area contributed by atoms with Crippen LogP contribution in [0.4, 0.5) is 0 Å². The number of hydrogen-bond donors (Lipinski definition) is 1. The molecule has 2 aromatic heterocycles. The van der Waals surface area contributed by atoms with Crippen molar-refractivity contribution < 1.29 is 9.47 Å².